The lowest BCUT2D eigenvalue weighted by molar-refractivity contribution is 0.0669. The van der Waals surface area contributed by atoms with E-state index in [0.717, 1.165) is 13.0 Å². The third-order valence-corrected chi connectivity index (χ3v) is 4.16. The van der Waals surface area contributed by atoms with Gasteiger partial charge in [0.2, 0.25) is 0 Å². The van der Waals surface area contributed by atoms with E-state index in [-0.39, 0.29) is 0 Å². The number of anilines is 1. The molecule has 0 aliphatic heterocycles. The van der Waals surface area contributed by atoms with Crippen molar-refractivity contribution in [1.29, 1.82) is 0 Å². The highest BCUT2D eigenvalue weighted by Crippen LogP contribution is 2.24. The van der Waals surface area contributed by atoms with Gasteiger partial charge in [-0.2, -0.15) is 5.10 Å². The average Bonchev–Trinajstić information content (AvgIpc) is 3.01. The summed E-state index contributed by atoms with van der Waals surface area (Å²) in [7, 11) is 1.82. The zero-order chi connectivity index (χ0) is 14.5. The van der Waals surface area contributed by atoms with Crippen LogP contribution in [0, 0.1) is 0 Å². The second-order valence-corrected chi connectivity index (χ2v) is 5.77. The molecule has 3 rings (SSSR count). The normalized spacial score (nSPS) is 22.1. The van der Waals surface area contributed by atoms with E-state index >= 15 is 0 Å². The van der Waals surface area contributed by atoms with Gasteiger partial charge in [-0.15, -0.1) is 0 Å². The first kappa shape index (κ1) is 14.1. The van der Waals surface area contributed by atoms with E-state index in [9.17, 15) is 0 Å². The molecule has 1 heterocycles. The number of rotatable bonds is 5. The fourth-order valence-electron chi connectivity index (χ4n) is 3.07. The Balaban J connectivity index is 1.63. The van der Waals surface area contributed by atoms with Crippen LogP contribution in [0.4, 0.5) is 5.69 Å². The first-order valence-corrected chi connectivity index (χ1v) is 7.69. The van der Waals surface area contributed by atoms with Crippen molar-refractivity contribution in [2.24, 2.45) is 0 Å². The molecule has 1 aromatic carbocycles. The Morgan fingerprint density at radius 3 is 3.10 bits per heavy atom. The summed E-state index contributed by atoms with van der Waals surface area (Å²) in [5.41, 5.74) is 2.46. The number of nitrogens with zero attached hydrogens (tertiary/aromatic N) is 2. The summed E-state index contributed by atoms with van der Waals surface area (Å²) < 4.78 is 7.45. The number of benzene rings is 1. The maximum Gasteiger partial charge on any atom is 0.0660 e. The van der Waals surface area contributed by atoms with Gasteiger partial charge in [-0.25, -0.2) is 0 Å². The molecule has 4 nitrogen and oxygen atoms in total. The van der Waals surface area contributed by atoms with Crippen LogP contribution in [0.1, 0.15) is 31.2 Å². The molecule has 0 saturated heterocycles. The Labute approximate surface area is 126 Å². The summed E-state index contributed by atoms with van der Waals surface area (Å²) in [6, 6.07) is 11.1. The van der Waals surface area contributed by atoms with Gasteiger partial charge in [0, 0.05) is 31.2 Å². The van der Waals surface area contributed by atoms with Gasteiger partial charge in [0.15, 0.2) is 0 Å². The van der Waals surface area contributed by atoms with Crippen molar-refractivity contribution >= 4 is 5.69 Å². The van der Waals surface area contributed by atoms with Crippen LogP contribution in [-0.4, -0.2) is 29.0 Å². The third kappa shape index (κ3) is 3.85. The first-order chi connectivity index (χ1) is 10.3. The zero-order valence-corrected chi connectivity index (χ0v) is 12.5. The molecule has 1 aliphatic rings. The van der Waals surface area contributed by atoms with Crippen molar-refractivity contribution in [3.8, 4) is 0 Å². The number of hydrogen-bond donors (Lipinski definition) is 1. The Bertz CT molecular complexity index is 553. The SMILES string of the molecule is COC1CCCC(Nc2cccc(Cn3cccn3)c2)C1. The van der Waals surface area contributed by atoms with Crippen LogP contribution in [0.2, 0.25) is 0 Å². The second kappa shape index (κ2) is 6.76. The second-order valence-electron chi connectivity index (χ2n) is 5.77. The molecule has 1 N–H and O–H groups in total. The molecule has 2 atom stereocenters. The smallest absolute Gasteiger partial charge is 0.0660 e. The predicted octanol–water partition coefficient (Wildman–Crippen LogP) is 3.30. The van der Waals surface area contributed by atoms with Gasteiger partial charge in [0.25, 0.3) is 0 Å². The fraction of sp³-hybridized carbons (Fsp3) is 0.471. The van der Waals surface area contributed by atoms with Gasteiger partial charge in [0.1, 0.15) is 0 Å². The average molecular weight is 285 g/mol. The molecule has 0 bridgehead atoms. The minimum Gasteiger partial charge on any atom is -0.382 e. The summed E-state index contributed by atoms with van der Waals surface area (Å²) in [6.45, 7) is 0.813. The molecule has 1 fully saturated rings. The van der Waals surface area contributed by atoms with E-state index in [0.29, 0.717) is 12.1 Å². The molecule has 0 spiro atoms. The van der Waals surface area contributed by atoms with Crippen LogP contribution in [0.5, 0.6) is 0 Å². The van der Waals surface area contributed by atoms with Crippen LogP contribution in [0.15, 0.2) is 42.7 Å². The molecule has 1 aliphatic carbocycles. The number of aromatic nitrogens is 2. The molecular weight excluding hydrogens is 262 g/mol. The van der Waals surface area contributed by atoms with E-state index in [1.165, 1.54) is 30.5 Å². The van der Waals surface area contributed by atoms with E-state index in [1.807, 2.05) is 30.3 Å². The van der Waals surface area contributed by atoms with Crippen molar-refractivity contribution in [1.82, 2.24) is 9.78 Å². The topological polar surface area (TPSA) is 39.1 Å². The highest BCUT2D eigenvalue weighted by atomic mass is 16.5. The molecule has 1 saturated carbocycles. The molecule has 21 heavy (non-hydrogen) atoms. The van der Waals surface area contributed by atoms with Crippen molar-refractivity contribution < 1.29 is 4.74 Å². The standard InChI is InChI=1S/C17H23N3O/c1-21-17-8-3-7-16(12-17)19-15-6-2-5-14(11-15)13-20-10-4-9-18-20/h2,4-6,9-11,16-17,19H,3,7-8,12-13H2,1H3. The maximum absolute atomic E-state index is 5.50. The molecule has 2 unspecified atom stereocenters. The quantitative estimate of drug-likeness (QED) is 0.916. The van der Waals surface area contributed by atoms with Gasteiger partial charge in [-0.1, -0.05) is 12.1 Å². The molecule has 0 radical (unpaired) electrons. The minimum absolute atomic E-state index is 0.406. The lowest BCUT2D eigenvalue weighted by Crippen LogP contribution is -2.31. The highest BCUT2D eigenvalue weighted by molar-refractivity contribution is 5.46. The Hall–Kier alpha value is -1.81. The van der Waals surface area contributed by atoms with Gasteiger partial charge < -0.3 is 10.1 Å². The molecular formula is C17H23N3O. The largest absolute Gasteiger partial charge is 0.382 e. The zero-order valence-electron chi connectivity index (χ0n) is 12.5. The van der Waals surface area contributed by atoms with E-state index in [2.05, 4.69) is 34.7 Å². The van der Waals surface area contributed by atoms with Crippen LogP contribution in [-0.2, 0) is 11.3 Å². The summed E-state index contributed by atoms with van der Waals surface area (Å²) >= 11 is 0. The number of methoxy groups -OCH3 is 1. The Kier molecular flexibility index (Phi) is 4.55. The van der Waals surface area contributed by atoms with Gasteiger partial charge in [-0.3, -0.25) is 4.68 Å². The fourth-order valence-corrected chi connectivity index (χ4v) is 3.07. The number of ether oxygens (including phenoxy) is 1. The Morgan fingerprint density at radius 1 is 1.33 bits per heavy atom. The summed E-state index contributed by atoms with van der Waals surface area (Å²) in [5, 5.41) is 7.91. The third-order valence-electron chi connectivity index (χ3n) is 4.16. The van der Waals surface area contributed by atoms with Crippen LogP contribution >= 0.6 is 0 Å². The molecule has 2 aromatic rings. The lowest BCUT2D eigenvalue weighted by Gasteiger charge is -2.29. The Morgan fingerprint density at radius 2 is 2.29 bits per heavy atom. The molecule has 112 valence electrons. The maximum atomic E-state index is 5.50. The summed E-state index contributed by atoms with van der Waals surface area (Å²) in [6.07, 6.45) is 8.96. The van der Waals surface area contributed by atoms with Crippen LogP contribution < -0.4 is 5.32 Å². The van der Waals surface area contributed by atoms with E-state index in [4.69, 9.17) is 4.74 Å². The van der Waals surface area contributed by atoms with Crippen molar-refractivity contribution in [2.75, 3.05) is 12.4 Å². The van der Waals surface area contributed by atoms with Crippen LogP contribution in [0.3, 0.4) is 0 Å². The minimum atomic E-state index is 0.406. The molecule has 0 amide bonds. The van der Waals surface area contributed by atoms with Gasteiger partial charge in [-0.05, 0) is 49.4 Å². The summed E-state index contributed by atoms with van der Waals surface area (Å²) in [4.78, 5) is 0. The van der Waals surface area contributed by atoms with Crippen molar-refractivity contribution in [3.05, 3.63) is 48.3 Å². The van der Waals surface area contributed by atoms with Gasteiger partial charge in [0.05, 0.1) is 12.6 Å². The van der Waals surface area contributed by atoms with Crippen molar-refractivity contribution in [2.45, 2.75) is 44.4 Å². The number of hydrogen-bond acceptors (Lipinski definition) is 3. The van der Waals surface area contributed by atoms with Crippen LogP contribution in [0.25, 0.3) is 0 Å². The lowest BCUT2D eigenvalue weighted by atomic mass is 9.92. The van der Waals surface area contributed by atoms with Crippen molar-refractivity contribution in [3.63, 3.8) is 0 Å². The first-order valence-electron chi connectivity index (χ1n) is 7.69. The summed E-state index contributed by atoms with van der Waals surface area (Å²) in [5.74, 6) is 0. The van der Waals surface area contributed by atoms with Gasteiger partial charge >= 0.3 is 0 Å². The van der Waals surface area contributed by atoms with E-state index in [1.54, 1.807) is 0 Å². The highest BCUT2D eigenvalue weighted by Gasteiger charge is 2.21. The monoisotopic (exact) mass is 285 g/mol. The molecule has 4 heteroatoms. The number of nitrogens with one attached hydrogen (secondary N) is 1. The molecule has 1 aromatic heterocycles. The van der Waals surface area contributed by atoms with E-state index < -0.39 is 0 Å². The predicted molar refractivity (Wildman–Crippen MR) is 84.4 cm³/mol.